The van der Waals surface area contributed by atoms with Crippen LogP contribution < -0.4 is 11.1 Å². The first kappa shape index (κ1) is 26.1. The topological polar surface area (TPSA) is 190 Å². The van der Waals surface area contributed by atoms with Gasteiger partial charge in [0.25, 0.3) is 5.91 Å². The lowest BCUT2D eigenvalue weighted by Gasteiger charge is -2.50. The summed E-state index contributed by atoms with van der Waals surface area (Å²) in [5, 5.41) is 45.6. The summed E-state index contributed by atoms with van der Waals surface area (Å²) < 4.78 is 14.5. The van der Waals surface area contributed by atoms with Crippen LogP contribution in [0.1, 0.15) is 17.5 Å². The highest BCUT2D eigenvalue weighted by molar-refractivity contribution is 6.24. The zero-order valence-corrected chi connectivity index (χ0v) is 19.4. The minimum atomic E-state index is -2.76. The van der Waals surface area contributed by atoms with Gasteiger partial charge in [0.15, 0.2) is 17.2 Å². The van der Waals surface area contributed by atoms with Crippen LogP contribution in [0.5, 0.6) is 5.75 Å². The number of carbonyl (C=O) groups excluding carboxylic acids is 4. The molecule has 2 amide bonds. The Balaban J connectivity index is 0.00000342. The van der Waals surface area contributed by atoms with Crippen molar-refractivity contribution >= 4 is 47.7 Å². The molecule has 0 heterocycles. The molecule has 1 aromatic carbocycles. The molecule has 1 fully saturated rings. The summed E-state index contributed by atoms with van der Waals surface area (Å²) in [7, 11) is 2.96. The summed E-state index contributed by atoms with van der Waals surface area (Å²) >= 11 is 0. The number of nitrogens with zero attached hydrogens (tertiary/aromatic N) is 1. The van der Waals surface area contributed by atoms with E-state index in [4.69, 9.17) is 5.73 Å². The van der Waals surface area contributed by atoms with E-state index in [1.165, 1.54) is 19.0 Å². The van der Waals surface area contributed by atoms with Gasteiger partial charge in [-0.1, -0.05) is 0 Å². The van der Waals surface area contributed by atoms with Crippen LogP contribution in [0.25, 0.3) is 5.76 Å². The molecule has 0 aliphatic heterocycles. The number of likely N-dealkylation sites (N-methyl/N-ethyl adjacent to an activating group) is 1. The second kappa shape index (κ2) is 8.63. The molecule has 0 aromatic heterocycles. The van der Waals surface area contributed by atoms with Crippen molar-refractivity contribution in [3.63, 3.8) is 0 Å². The first-order chi connectivity index (χ1) is 15.9. The molecule has 0 spiro atoms. The normalized spacial score (nSPS) is 27.6. The molecule has 188 valence electrons. The number of primary amides is 1. The van der Waals surface area contributed by atoms with Crippen molar-refractivity contribution < 1.29 is 44.0 Å². The molecular weight excluding hydrogens is 489 g/mol. The van der Waals surface area contributed by atoms with Gasteiger partial charge < -0.3 is 31.5 Å². The van der Waals surface area contributed by atoms with E-state index in [2.05, 4.69) is 5.32 Å². The van der Waals surface area contributed by atoms with E-state index in [0.717, 1.165) is 0 Å². The highest BCUT2D eigenvalue weighted by atomic mass is 35.5. The fourth-order valence-corrected chi connectivity index (χ4v) is 5.50. The van der Waals surface area contributed by atoms with Gasteiger partial charge in [0, 0.05) is 17.6 Å². The molecule has 1 aromatic rings. The number of nitrogens with one attached hydrogen (secondary N) is 1. The smallest absolute Gasteiger partial charge is 0.255 e. The highest BCUT2D eigenvalue weighted by Crippen LogP contribution is 2.53. The SMILES string of the molecule is CN(C)[C@@H]1C(=O)C(C(N)=O)=C(O)[C@@]2(O)C(=O)C3=C(O)c4c(O)cc(F)c(NC=O)c4CC3CC12.Cl. The summed E-state index contributed by atoms with van der Waals surface area (Å²) in [5.74, 6) is -9.17. The molecule has 35 heavy (non-hydrogen) atoms. The van der Waals surface area contributed by atoms with Crippen molar-refractivity contribution in [3.05, 3.63) is 39.9 Å². The van der Waals surface area contributed by atoms with Gasteiger partial charge >= 0.3 is 0 Å². The third-order valence-corrected chi connectivity index (χ3v) is 6.88. The van der Waals surface area contributed by atoms with Gasteiger partial charge in [-0.2, -0.15) is 0 Å². The van der Waals surface area contributed by atoms with Gasteiger partial charge in [-0.05, 0) is 38.4 Å². The van der Waals surface area contributed by atoms with Gasteiger partial charge in [0.2, 0.25) is 12.2 Å². The number of phenols is 1. The average Bonchev–Trinajstić information content (AvgIpc) is 2.72. The first-order valence-electron chi connectivity index (χ1n) is 10.3. The highest BCUT2D eigenvalue weighted by Gasteiger charge is 2.64. The van der Waals surface area contributed by atoms with Crippen LogP contribution in [-0.4, -0.2) is 74.9 Å². The number of hydrogen-bond donors (Lipinski definition) is 6. The molecule has 4 atom stereocenters. The number of aromatic hydroxyl groups is 1. The van der Waals surface area contributed by atoms with E-state index in [0.29, 0.717) is 6.07 Å². The summed E-state index contributed by atoms with van der Waals surface area (Å²) in [4.78, 5) is 50.9. The van der Waals surface area contributed by atoms with Crippen LogP contribution in [0, 0.1) is 17.7 Å². The number of benzene rings is 1. The van der Waals surface area contributed by atoms with Crippen LogP contribution in [0.4, 0.5) is 10.1 Å². The zero-order valence-electron chi connectivity index (χ0n) is 18.5. The second-order valence-corrected chi connectivity index (χ2v) is 8.83. The number of ketones is 2. The fourth-order valence-electron chi connectivity index (χ4n) is 5.50. The molecule has 0 bridgehead atoms. The monoisotopic (exact) mass is 511 g/mol. The third-order valence-electron chi connectivity index (χ3n) is 6.88. The molecule has 13 heteroatoms. The van der Waals surface area contributed by atoms with Crippen LogP contribution >= 0.6 is 12.4 Å². The standard InChI is InChI=1S/C22H22FN3O8.ClH/c1-26(2)16-9-4-7-3-8-13(11(28)5-10(23)15(8)25-6-27)17(29)12(7)19(31)22(9,34)20(32)14(18(16)30)21(24)33;/h5-7,9,16,28-29,32,34H,3-4H2,1-2H3,(H2,24,33)(H,25,27);1H/t7?,9?,16-,22-;/m0./s1. The van der Waals surface area contributed by atoms with E-state index < -0.39 is 69.6 Å². The Bertz CT molecular complexity index is 1240. The van der Waals surface area contributed by atoms with Crippen LogP contribution in [-0.2, 0) is 25.6 Å². The van der Waals surface area contributed by atoms with Gasteiger partial charge in [0.05, 0.1) is 17.3 Å². The average molecular weight is 512 g/mol. The molecule has 7 N–H and O–H groups in total. The van der Waals surface area contributed by atoms with E-state index in [-0.39, 0.29) is 54.0 Å². The predicted molar refractivity (Wildman–Crippen MR) is 121 cm³/mol. The molecule has 2 unspecified atom stereocenters. The maximum atomic E-state index is 14.5. The number of carbonyl (C=O) groups is 4. The molecule has 4 rings (SSSR count). The minimum absolute atomic E-state index is 0. The van der Waals surface area contributed by atoms with Crippen molar-refractivity contribution in [2.24, 2.45) is 17.6 Å². The molecular formula is C22H23ClFN3O8. The maximum Gasteiger partial charge on any atom is 0.255 e. The second-order valence-electron chi connectivity index (χ2n) is 8.83. The number of fused-ring (bicyclic) bond motifs is 3. The Hall–Kier alpha value is -3.48. The lowest BCUT2D eigenvalue weighted by molar-refractivity contribution is -0.153. The van der Waals surface area contributed by atoms with Crippen molar-refractivity contribution in [1.82, 2.24) is 4.90 Å². The molecule has 3 aliphatic rings. The Morgan fingerprint density at radius 2 is 1.91 bits per heavy atom. The fraction of sp³-hybridized carbons (Fsp3) is 0.364. The number of phenolic OH excluding ortho intramolecular Hbond substituents is 1. The number of rotatable bonds is 4. The van der Waals surface area contributed by atoms with Gasteiger partial charge in [-0.3, -0.25) is 24.1 Å². The molecule has 1 saturated carbocycles. The zero-order chi connectivity index (χ0) is 25.3. The Labute approximate surface area is 204 Å². The van der Waals surface area contributed by atoms with Crippen molar-refractivity contribution in [1.29, 1.82) is 0 Å². The van der Waals surface area contributed by atoms with Crippen LogP contribution in [0.2, 0.25) is 0 Å². The maximum absolute atomic E-state index is 14.5. The number of amides is 2. The van der Waals surface area contributed by atoms with Gasteiger partial charge in [-0.25, -0.2) is 4.39 Å². The summed E-state index contributed by atoms with van der Waals surface area (Å²) in [6, 6.07) is -0.581. The van der Waals surface area contributed by atoms with Crippen LogP contribution in [0.15, 0.2) is 23.0 Å². The summed E-state index contributed by atoms with van der Waals surface area (Å²) in [6.07, 6.45) is -0.0769. The van der Waals surface area contributed by atoms with E-state index >= 15 is 0 Å². The van der Waals surface area contributed by atoms with Crippen molar-refractivity contribution in [2.75, 3.05) is 19.4 Å². The number of aliphatic hydroxyl groups excluding tert-OH is 2. The van der Waals surface area contributed by atoms with E-state index in [1.54, 1.807) is 0 Å². The van der Waals surface area contributed by atoms with Crippen LogP contribution in [0.3, 0.4) is 0 Å². The number of nitrogens with two attached hydrogens (primary N) is 1. The van der Waals surface area contributed by atoms with E-state index in [9.17, 15) is 44.0 Å². The lowest BCUT2D eigenvalue weighted by atomic mass is 9.57. The molecule has 11 nitrogen and oxygen atoms in total. The Kier molecular flexibility index (Phi) is 6.44. The van der Waals surface area contributed by atoms with Gasteiger partial charge in [-0.15, -0.1) is 12.4 Å². The quantitative estimate of drug-likeness (QED) is 0.185. The number of Topliss-reactive ketones (excluding diaryl/α,β-unsaturated/α-hetero) is 2. The molecule has 0 radical (unpaired) electrons. The third kappa shape index (κ3) is 3.39. The number of aliphatic hydroxyl groups is 3. The largest absolute Gasteiger partial charge is 0.508 e. The predicted octanol–water partition coefficient (Wildman–Crippen LogP) is 0.0932. The first-order valence-corrected chi connectivity index (χ1v) is 10.3. The van der Waals surface area contributed by atoms with Crippen molar-refractivity contribution in [3.8, 4) is 5.75 Å². The Morgan fingerprint density at radius 1 is 1.29 bits per heavy atom. The minimum Gasteiger partial charge on any atom is -0.508 e. The number of halogens is 2. The van der Waals surface area contributed by atoms with Crippen molar-refractivity contribution in [2.45, 2.75) is 24.5 Å². The van der Waals surface area contributed by atoms with Gasteiger partial charge in [0.1, 0.15) is 22.8 Å². The molecule has 3 aliphatic carbocycles. The number of hydrogen-bond acceptors (Lipinski definition) is 9. The lowest BCUT2D eigenvalue weighted by Crippen LogP contribution is -2.65. The summed E-state index contributed by atoms with van der Waals surface area (Å²) in [6.45, 7) is 0. The Morgan fingerprint density at radius 3 is 2.46 bits per heavy atom. The number of anilines is 1. The van der Waals surface area contributed by atoms with E-state index in [1.807, 2.05) is 0 Å². The molecule has 0 saturated heterocycles. The summed E-state index contributed by atoms with van der Waals surface area (Å²) in [5.41, 5.74) is 0.616.